The normalized spacial score (nSPS) is 16.4. The zero-order chi connectivity index (χ0) is 13.8. The largest absolute Gasteiger partial charge is 0.328 e. The molecule has 104 valence electrons. The summed E-state index contributed by atoms with van der Waals surface area (Å²) in [5.41, 5.74) is 9.31. The molecule has 0 saturated carbocycles. The minimum Gasteiger partial charge on any atom is -0.328 e. The van der Waals surface area contributed by atoms with Gasteiger partial charge < -0.3 is 16.0 Å². The number of carbonyl (C=O) groups is 1. The number of anilines is 1. The van der Waals surface area contributed by atoms with E-state index in [2.05, 4.69) is 23.5 Å². The summed E-state index contributed by atoms with van der Waals surface area (Å²) in [4.78, 5) is 13.4. The highest BCUT2D eigenvalue weighted by atomic mass is 16.2. The Balaban J connectivity index is 1.96. The van der Waals surface area contributed by atoms with Gasteiger partial charge in [0.2, 0.25) is 5.91 Å². The number of nitrogens with one attached hydrogen (secondary N) is 1. The van der Waals surface area contributed by atoms with Gasteiger partial charge in [0.15, 0.2) is 0 Å². The van der Waals surface area contributed by atoms with Crippen LogP contribution in [0.4, 0.5) is 5.69 Å². The van der Waals surface area contributed by atoms with Crippen LogP contribution in [-0.2, 0) is 17.8 Å². The van der Waals surface area contributed by atoms with E-state index < -0.39 is 0 Å². The van der Waals surface area contributed by atoms with Crippen molar-refractivity contribution in [3.63, 3.8) is 0 Å². The smallest absolute Gasteiger partial charge is 0.227 e. The molecule has 1 aromatic rings. The number of aryl methyl sites for hydroxylation is 1. The number of hydrogen-bond donors (Lipinski definition) is 2. The molecule has 1 aromatic carbocycles. The first-order valence-corrected chi connectivity index (χ1v) is 6.92. The van der Waals surface area contributed by atoms with Crippen molar-refractivity contribution in [1.29, 1.82) is 0 Å². The zero-order valence-corrected chi connectivity index (χ0v) is 11.8. The van der Waals surface area contributed by atoms with Crippen LogP contribution in [0.5, 0.6) is 0 Å². The second-order valence-electron chi connectivity index (χ2n) is 5.36. The van der Waals surface area contributed by atoms with E-state index in [4.69, 9.17) is 5.73 Å². The number of hydrogen-bond acceptors (Lipinski definition) is 3. The van der Waals surface area contributed by atoms with Crippen LogP contribution in [0.3, 0.4) is 0 Å². The molecule has 0 radical (unpaired) electrons. The minimum absolute atomic E-state index is 0.204. The van der Waals surface area contributed by atoms with Gasteiger partial charge >= 0.3 is 0 Å². The molecule has 1 heterocycles. The van der Waals surface area contributed by atoms with Crippen LogP contribution in [0, 0.1) is 0 Å². The predicted octanol–water partition coefficient (Wildman–Crippen LogP) is 1.42. The van der Waals surface area contributed by atoms with Crippen molar-refractivity contribution in [3.8, 4) is 0 Å². The molecule has 0 aliphatic carbocycles. The van der Waals surface area contributed by atoms with Crippen LogP contribution in [0.2, 0.25) is 0 Å². The van der Waals surface area contributed by atoms with Gasteiger partial charge in [-0.3, -0.25) is 4.79 Å². The molecule has 1 amide bonds. The SMILES string of the molecule is CC(N)CCNCc1ccc2c(c1)CCC(=O)N2C. The van der Waals surface area contributed by atoms with Crippen molar-refractivity contribution < 1.29 is 4.79 Å². The van der Waals surface area contributed by atoms with Crippen LogP contribution < -0.4 is 16.0 Å². The molecule has 4 nitrogen and oxygen atoms in total. The summed E-state index contributed by atoms with van der Waals surface area (Å²) < 4.78 is 0. The van der Waals surface area contributed by atoms with Crippen LogP contribution in [0.15, 0.2) is 18.2 Å². The van der Waals surface area contributed by atoms with Crippen molar-refractivity contribution in [2.75, 3.05) is 18.5 Å². The Labute approximate surface area is 115 Å². The van der Waals surface area contributed by atoms with Gasteiger partial charge in [0, 0.05) is 31.7 Å². The second-order valence-corrected chi connectivity index (χ2v) is 5.36. The van der Waals surface area contributed by atoms with Gasteiger partial charge in [0.05, 0.1) is 0 Å². The maximum Gasteiger partial charge on any atom is 0.227 e. The summed E-state index contributed by atoms with van der Waals surface area (Å²) in [5.74, 6) is 0.204. The fourth-order valence-electron chi connectivity index (χ4n) is 2.38. The van der Waals surface area contributed by atoms with E-state index in [0.29, 0.717) is 6.42 Å². The first-order valence-electron chi connectivity index (χ1n) is 6.92. The molecule has 1 atom stereocenters. The first kappa shape index (κ1) is 14.0. The van der Waals surface area contributed by atoms with Gasteiger partial charge in [-0.25, -0.2) is 0 Å². The standard InChI is InChI=1S/C15H23N3O/c1-11(16)7-8-17-10-12-3-5-14-13(9-12)4-6-15(19)18(14)2/h3,5,9,11,17H,4,6-8,10,16H2,1-2H3. The molecule has 1 aliphatic heterocycles. The lowest BCUT2D eigenvalue weighted by Gasteiger charge is -2.26. The number of fused-ring (bicyclic) bond motifs is 1. The van der Waals surface area contributed by atoms with E-state index in [1.807, 2.05) is 14.0 Å². The number of benzene rings is 1. The van der Waals surface area contributed by atoms with Gasteiger partial charge in [-0.05, 0) is 43.5 Å². The molecule has 4 heteroatoms. The average molecular weight is 261 g/mol. The summed E-state index contributed by atoms with van der Waals surface area (Å²) in [6.07, 6.45) is 2.46. The van der Waals surface area contributed by atoms with E-state index >= 15 is 0 Å². The minimum atomic E-state index is 0.204. The van der Waals surface area contributed by atoms with Crippen molar-refractivity contribution in [2.24, 2.45) is 5.73 Å². The van der Waals surface area contributed by atoms with Crippen molar-refractivity contribution in [3.05, 3.63) is 29.3 Å². The van der Waals surface area contributed by atoms with Crippen LogP contribution in [0.1, 0.15) is 30.9 Å². The topological polar surface area (TPSA) is 58.4 Å². The number of carbonyl (C=O) groups excluding carboxylic acids is 1. The molecule has 1 aliphatic rings. The molecule has 19 heavy (non-hydrogen) atoms. The van der Waals surface area contributed by atoms with E-state index in [9.17, 15) is 4.79 Å². The Morgan fingerprint density at radius 1 is 1.42 bits per heavy atom. The van der Waals surface area contributed by atoms with Gasteiger partial charge in [-0.1, -0.05) is 12.1 Å². The van der Waals surface area contributed by atoms with Crippen LogP contribution in [-0.4, -0.2) is 25.5 Å². The molecule has 0 fully saturated rings. The maximum atomic E-state index is 11.6. The second kappa shape index (κ2) is 6.17. The molecule has 1 unspecified atom stereocenters. The molecule has 3 N–H and O–H groups in total. The van der Waals surface area contributed by atoms with Crippen molar-refractivity contribution >= 4 is 11.6 Å². The Hall–Kier alpha value is -1.39. The highest BCUT2D eigenvalue weighted by Crippen LogP contribution is 2.27. The van der Waals surface area contributed by atoms with Crippen LogP contribution in [0.25, 0.3) is 0 Å². The Bertz CT molecular complexity index is 457. The number of nitrogens with two attached hydrogens (primary N) is 1. The number of rotatable bonds is 5. The van der Waals surface area contributed by atoms with Gasteiger partial charge in [-0.2, -0.15) is 0 Å². The molecular weight excluding hydrogens is 238 g/mol. The fourth-order valence-corrected chi connectivity index (χ4v) is 2.38. The van der Waals surface area contributed by atoms with Crippen LogP contribution >= 0.6 is 0 Å². The predicted molar refractivity (Wildman–Crippen MR) is 78.1 cm³/mol. The zero-order valence-electron chi connectivity index (χ0n) is 11.8. The lowest BCUT2D eigenvalue weighted by Crippen LogP contribution is -2.31. The van der Waals surface area contributed by atoms with Crippen molar-refractivity contribution in [1.82, 2.24) is 5.32 Å². The number of nitrogens with zero attached hydrogens (tertiary/aromatic N) is 1. The van der Waals surface area contributed by atoms with Gasteiger partial charge in [0.25, 0.3) is 0 Å². The molecule has 0 bridgehead atoms. The third kappa shape index (κ3) is 3.55. The third-order valence-corrected chi connectivity index (χ3v) is 3.59. The highest BCUT2D eigenvalue weighted by molar-refractivity contribution is 5.95. The summed E-state index contributed by atoms with van der Waals surface area (Å²) in [6.45, 7) is 3.82. The monoisotopic (exact) mass is 261 g/mol. The molecule has 0 spiro atoms. The van der Waals surface area contributed by atoms with Gasteiger partial charge in [-0.15, -0.1) is 0 Å². The number of amides is 1. The molecule has 2 rings (SSSR count). The average Bonchev–Trinajstić information content (AvgIpc) is 2.39. The first-order chi connectivity index (χ1) is 9.08. The van der Waals surface area contributed by atoms with E-state index in [0.717, 1.165) is 31.6 Å². The summed E-state index contributed by atoms with van der Waals surface area (Å²) in [5, 5.41) is 3.40. The van der Waals surface area contributed by atoms with Crippen molar-refractivity contribution in [2.45, 2.75) is 38.8 Å². The van der Waals surface area contributed by atoms with E-state index in [1.54, 1.807) is 4.90 Å². The fraction of sp³-hybridized carbons (Fsp3) is 0.533. The summed E-state index contributed by atoms with van der Waals surface area (Å²) in [7, 11) is 1.85. The van der Waals surface area contributed by atoms with E-state index in [-0.39, 0.29) is 11.9 Å². The molecular formula is C15H23N3O. The Kier molecular flexibility index (Phi) is 4.56. The summed E-state index contributed by atoms with van der Waals surface area (Å²) >= 11 is 0. The van der Waals surface area contributed by atoms with E-state index in [1.165, 1.54) is 11.1 Å². The Morgan fingerprint density at radius 3 is 2.95 bits per heavy atom. The third-order valence-electron chi connectivity index (χ3n) is 3.59. The lowest BCUT2D eigenvalue weighted by atomic mass is 9.99. The quantitative estimate of drug-likeness (QED) is 0.788. The highest BCUT2D eigenvalue weighted by Gasteiger charge is 2.20. The lowest BCUT2D eigenvalue weighted by molar-refractivity contribution is -0.118. The maximum absolute atomic E-state index is 11.6. The molecule has 0 saturated heterocycles. The Morgan fingerprint density at radius 2 is 2.21 bits per heavy atom. The van der Waals surface area contributed by atoms with Gasteiger partial charge in [0.1, 0.15) is 0 Å². The summed E-state index contributed by atoms with van der Waals surface area (Å²) in [6, 6.07) is 6.59. The molecule has 0 aromatic heterocycles.